The Morgan fingerprint density at radius 3 is 2.70 bits per heavy atom. The highest BCUT2D eigenvalue weighted by atomic mass is 32.1. The van der Waals surface area contributed by atoms with E-state index in [4.69, 9.17) is 9.15 Å². The maximum Gasteiger partial charge on any atom is 0.286 e. The normalized spacial score (nSPS) is 15.7. The summed E-state index contributed by atoms with van der Waals surface area (Å²) in [5.74, 6) is 0.113. The van der Waals surface area contributed by atoms with E-state index >= 15 is 0 Å². The number of nitrogens with zero attached hydrogens (tertiary/aromatic N) is 3. The predicted octanol–water partition coefficient (Wildman–Crippen LogP) is 2.56. The second kappa shape index (κ2) is 10.3. The molecule has 3 aromatic rings. The van der Waals surface area contributed by atoms with Crippen molar-refractivity contribution in [3.63, 3.8) is 0 Å². The van der Waals surface area contributed by atoms with Gasteiger partial charge < -0.3 is 24.7 Å². The van der Waals surface area contributed by atoms with Crippen LogP contribution in [-0.4, -0.2) is 53.0 Å². The van der Waals surface area contributed by atoms with E-state index in [1.165, 1.54) is 0 Å². The van der Waals surface area contributed by atoms with Crippen LogP contribution in [-0.2, 0) is 11.3 Å². The Balaban J connectivity index is 1.33. The zero-order chi connectivity index (χ0) is 23.2. The minimum absolute atomic E-state index is 0.0823. The van der Waals surface area contributed by atoms with Crippen LogP contribution in [0.15, 0.2) is 47.1 Å². The van der Waals surface area contributed by atoms with Crippen molar-refractivity contribution in [3.05, 3.63) is 58.4 Å². The lowest BCUT2D eigenvalue weighted by atomic mass is 9.97. The smallest absolute Gasteiger partial charge is 0.286 e. The van der Waals surface area contributed by atoms with Crippen LogP contribution in [0.25, 0.3) is 0 Å². The summed E-state index contributed by atoms with van der Waals surface area (Å²) in [6, 6.07) is 10.4. The van der Waals surface area contributed by atoms with Gasteiger partial charge in [-0.2, -0.15) is 0 Å². The lowest BCUT2D eigenvalue weighted by molar-refractivity contribution is -0.126. The quantitative estimate of drug-likeness (QED) is 0.544. The maximum absolute atomic E-state index is 12.9. The van der Waals surface area contributed by atoms with Crippen molar-refractivity contribution in [2.75, 3.05) is 25.5 Å². The fourth-order valence-electron chi connectivity index (χ4n) is 3.50. The molecule has 0 aliphatic carbocycles. The van der Waals surface area contributed by atoms with Gasteiger partial charge in [0.2, 0.25) is 15.9 Å². The lowest BCUT2D eigenvalue weighted by Crippen LogP contribution is -2.45. The number of aromatic nitrogens is 2. The number of benzene rings is 1. The van der Waals surface area contributed by atoms with E-state index in [0.29, 0.717) is 43.1 Å². The van der Waals surface area contributed by atoms with E-state index in [0.717, 1.165) is 11.3 Å². The van der Waals surface area contributed by atoms with Crippen molar-refractivity contribution >= 4 is 34.7 Å². The van der Waals surface area contributed by atoms with Crippen LogP contribution >= 0.6 is 11.3 Å². The number of carbonyl (C=O) groups excluding carboxylic acids is 3. The summed E-state index contributed by atoms with van der Waals surface area (Å²) in [5, 5.41) is 13.5. The first-order valence-electron chi connectivity index (χ1n) is 10.4. The van der Waals surface area contributed by atoms with Gasteiger partial charge in [-0.05, 0) is 49.2 Å². The van der Waals surface area contributed by atoms with Gasteiger partial charge in [0.25, 0.3) is 11.8 Å². The Hall–Kier alpha value is -3.73. The molecule has 3 heterocycles. The molecule has 1 unspecified atom stereocenters. The van der Waals surface area contributed by atoms with Crippen molar-refractivity contribution in [1.29, 1.82) is 0 Å². The summed E-state index contributed by atoms with van der Waals surface area (Å²) in [5.41, 5.74) is 0.573. The molecule has 1 atom stereocenters. The number of hydrogen-bond donors (Lipinski definition) is 2. The van der Waals surface area contributed by atoms with Crippen LogP contribution in [0.1, 0.15) is 38.2 Å². The number of amides is 3. The molecule has 2 aromatic heterocycles. The van der Waals surface area contributed by atoms with E-state index in [1.807, 2.05) is 0 Å². The SMILES string of the molecule is COc1ccc(NC(=O)c2nnc(C(=O)N3CCCC(C(=O)NCc4ccco4)C3)s2)cc1. The lowest BCUT2D eigenvalue weighted by Gasteiger charge is -2.31. The molecule has 33 heavy (non-hydrogen) atoms. The van der Waals surface area contributed by atoms with E-state index in [1.54, 1.807) is 54.7 Å². The number of likely N-dealkylation sites (tertiary alicyclic amines) is 1. The predicted molar refractivity (Wildman–Crippen MR) is 120 cm³/mol. The number of rotatable bonds is 7. The summed E-state index contributed by atoms with van der Waals surface area (Å²) in [6.07, 6.45) is 2.95. The average Bonchev–Trinajstić information content (AvgIpc) is 3.55. The molecule has 10 nitrogen and oxygen atoms in total. The third-order valence-corrected chi connectivity index (χ3v) is 6.16. The van der Waals surface area contributed by atoms with Crippen LogP contribution in [0.4, 0.5) is 5.69 Å². The first kappa shape index (κ1) is 22.5. The number of anilines is 1. The van der Waals surface area contributed by atoms with Gasteiger partial charge in [0.15, 0.2) is 0 Å². The second-order valence-corrected chi connectivity index (χ2v) is 8.46. The summed E-state index contributed by atoms with van der Waals surface area (Å²) < 4.78 is 10.3. The Kier molecular flexibility index (Phi) is 6.98. The van der Waals surface area contributed by atoms with Gasteiger partial charge in [-0.15, -0.1) is 10.2 Å². The molecule has 172 valence electrons. The van der Waals surface area contributed by atoms with E-state index in [2.05, 4.69) is 20.8 Å². The molecule has 1 aliphatic heterocycles. The van der Waals surface area contributed by atoms with Crippen molar-refractivity contribution in [2.45, 2.75) is 19.4 Å². The minimum atomic E-state index is -0.453. The number of hydrogen-bond acceptors (Lipinski definition) is 8. The van der Waals surface area contributed by atoms with Crippen molar-refractivity contribution in [3.8, 4) is 5.75 Å². The largest absolute Gasteiger partial charge is 0.497 e. The molecule has 0 spiro atoms. The first-order chi connectivity index (χ1) is 16.0. The van der Waals surface area contributed by atoms with Crippen molar-refractivity contribution in [2.24, 2.45) is 5.92 Å². The van der Waals surface area contributed by atoms with E-state index in [9.17, 15) is 14.4 Å². The molecule has 2 N–H and O–H groups in total. The molecule has 3 amide bonds. The van der Waals surface area contributed by atoms with Gasteiger partial charge in [-0.3, -0.25) is 14.4 Å². The fourth-order valence-corrected chi connectivity index (χ4v) is 4.21. The first-order valence-corrected chi connectivity index (χ1v) is 11.2. The van der Waals surface area contributed by atoms with Crippen LogP contribution in [0, 0.1) is 5.92 Å². The van der Waals surface area contributed by atoms with E-state index in [-0.39, 0.29) is 34.3 Å². The fraction of sp³-hybridized carbons (Fsp3) is 0.318. The van der Waals surface area contributed by atoms with Gasteiger partial charge in [-0.1, -0.05) is 11.3 Å². The monoisotopic (exact) mass is 469 g/mol. The minimum Gasteiger partial charge on any atom is -0.497 e. The summed E-state index contributed by atoms with van der Waals surface area (Å²) in [4.78, 5) is 39.5. The Labute approximate surface area is 193 Å². The highest BCUT2D eigenvalue weighted by Crippen LogP contribution is 2.22. The topological polar surface area (TPSA) is 127 Å². The van der Waals surface area contributed by atoms with Gasteiger partial charge in [0, 0.05) is 18.8 Å². The molecule has 1 fully saturated rings. The Morgan fingerprint density at radius 1 is 1.18 bits per heavy atom. The molecule has 1 saturated heterocycles. The molecule has 0 bridgehead atoms. The number of furan rings is 1. The average molecular weight is 470 g/mol. The Morgan fingerprint density at radius 2 is 1.97 bits per heavy atom. The number of nitrogens with one attached hydrogen (secondary N) is 2. The zero-order valence-electron chi connectivity index (χ0n) is 17.9. The molecule has 11 heteroatoms. The molecule has 1 aromatic carbocycles. The van der Waals surface area contributed by atoms with Gasteiger partial charge in [0.05, 0.1) is 25.8 Å². The number of methoxy groups -OCH3 is 1. The highest BCUT2D eigenvalue weighted by molar-refractivity contribution is 7.15. The standard InChI is InChI=1S/C22H23N5O5S/c1-31-16-8-6-15(7-9-16)24-19(29)20-25-26-21(33-20)22(30)27-10-2-4-14(13-27)18(28)23-12-17-5-3-11-32-17/h3,5-9,11,14H,2,4,10,12-13H2,1H3,(H,23,28)(H,24,29). The molecule has 0 saturated carbocycles. The van der Waals surface area contributed by atoms with E-state index < -0.39 is 5.91 Å². The van der Waals surface area contributed by atoms with Crippen LogP contribution in [0.5, 0.6) is 5.75 Å². The van der Waals surface area contributed by atoms with Gasteiger partial charge in [0.1, 0.15) is 11.5 Å². The summed E-state index contributed by atoms with van der Waals surface area (Å²) in [6.45, 7) is 1.11. The molecular formula is C22H23N5O5S. The second-order valence-electron chi connectivity index (χ2n) is 7.48. The Bertz CT molecular complexity index is 1110. The third kappa shape index (κ3) is 5.55. The molecule has 0 radical (unpaired) electrons. The molecular weight excluding hydrogens is 446 g/mol. The summed E-state index contributed by atoms with van der Waals surface area (Å²) >= 11 is 0.925. The number of ether oxygens (including phenoxy) is 1. The highest BCUT2D eigenvalue weighted by Gasteiger charge is 2.31. The van der Waals surface area contributed by atoms with Crippen LogP contribution in [0.3, 0.4) is 0 Å². The van der Waals surface area contributed by atoms with Crippen LogP contribution < -0.4 is 15.4 Å². The van der Waals surface area contributed by atoms with Crippen LogP contribution in [0.2, 0.25) is 0 Å². The van der Waals surface area contributed by atoms with Gasteiger partial charge >= 0.3 is 0 Å². The van der Waals surface area contributed by atoms with Crippen molar-refractivity contribution < 1.29 is 23.5 Å². The molecule has 1 aliphatic rings. The number of carbonyl (C=O) groups is 3. The molecule has 4 rings (SSSR count). The van der Waals surface area contributed by atoms with Gasteiger partial charge in [-0.25, -0.2) is 0 Å². The van der Waals surface area contributed by atoms with Crippen molar-refractivity contribution in [1.82, 2.24) is 20.4 Å². The maximum atomic E-state index is 12.9. The third-order valence-electron chi connectivity index (χ3n) is 5.25. The zero-order valence-corrected chi connectivity index (χ0v) is 18.8. The number of piperidine rings is 1. The summed E-state index contributed by atoms with van der Waals surface area (Å²) in [7, 11) is 1.56.